The summed E-state index contributed by atoms with van der Waals surface area (Å²) in [7, 11) is 0. The first kappa shape index (κ1) is 38.4. The molecule has 0 N–H and O–H groups in total. The smallest absolute Gasteiger partial charge is 0.493 e. The van der Waals surface area contributed by atoms with E-state index in [0.717, 1.165) is 37.6 Å². The van der Waals surface area contributed by atoms with Gasteiger partial charge in [-0.25, -0.2) is 0 Å². The standard InChI is InChI=1S/2C9H10O.2Ag.8O.Pb.2W/c2*1-2-6-9-8(4-1)5-3-7-10-9;;;;;;;;;;;;;/h2*1-2,4,6H,3,5,7H2;;;;;;;;;;;;;/q;;2*+1;;;;;4*-1;+2;;. The maximum Gasteiger partial charge on any atom is 2.00 e. The molecule has 0 aliphatic carbocycles. The SMILES string of the molecule is [Ag+].[Ag+].[O]=[W](=[O])([O-])[O-].[O]=[W](=[O])([O-])[O-].[Pb+2].c1ccc2c(c1)CCCO2.c1ccc2c(c1)CCCO2. The molecule has 2 radical (unpaired) electrons. The Balaban J connectivity index is -0.000000373. The van der Waals surface area contributed by atoms with Gasteiger partial charge in [0.2, 0.25) is 0 Å². The van der Waals surface area contributed by atoms with Gasteiger partial charge >= 0.3 is 134 Å². The minimum absolute atomic E-state index is 0. The number of hydrogen-bond acceptors (Lipinski definition) is 10. The number of aryl methyl sites for hydroxylation is 2. The molecule has 0 saturated heterocycles. The van der Waals surface area contributed by atoms with Crippen molar-refractivity contribution in [2.24, 2.45) is 0 Å². The van der Waals surface area contributed by atoms with E-state index < -0.39 is 33.5 Å². The number of ether oxygens (including phenoxy) is 2. The number of rotatable bonds is 0. The largest absolute Gasteiger partial charge is 2.00 e. The Hall–Kier alpha value is 0.859. The van der Waals surface area contributed by atoms with E-state index in [-0.39, 0.29) is 72.1 Å². The molecule has 0 fully saturated rings. The molecular formula is C18H20Ag2O10PbW2. The van der Waals surface area contributed by atoms with Gasteiger partial charge in [0.05, 0.1) is 13.2 Å². The molecule has 0 saturated carbocycles. The minimum Gasteiger partial charge on any atom is -0.493 e. The quantitative estimate of drug-likeness (QED) is 0.280. The van der Waals surface area contributed by atoms with Crippen molar-refractivity contribution in [1.29, 1.82) is 0 Å². The second kappa shape index (κ2) is 20.0. The van der Waals surface area contributed by atoms with Gasteiger partial charge in [0, 0.05) is 0 Å². The molecule has 2 aromatic carbocycles. The molecule has 0 bridgehead atoms. The van der Waals surface area contributed by atoms with Crippen LogP contribution in [0.5, 0.6) is 11.5 Å². The van der Waals surface area contributed by atoms with Gasteiger partial charge in [-0.2, -0.15) is 0 Å². The predicted molar refractivity (Wildman–Crippen MR) is 89.0 cm³/mol. The second-order valence-corrected chi connectivity index (χ2v) is 11.8. The molecular weight excluding hydrogens is 1170 g/mol. The average Bonchev–Trinajstić information content (AvgIpc) is 2.66. The normalized spacial score (nSPS) is 13.0. The van der Waals surface area contributed by atoms with Crippen LogP contribution in [0.3, 0.4) is 0 Å². The first-order valence-electron chi connectivity index (χ1n) is 8.68. The van der Waals surface area contributed by atoms with Crippen molar-refractivity contribution in [2.75, 3.05) is 13.2 Å². The van der Waals surface area contributed by atoms with Crippen molar-refractivity contribution in [3.8, 4) is 11.5 Å². The Labute approximate surface area is 250 Å². The third kappa shape index (κ3) is 23.0. The molecule has 0 aromatic heterocycles. The van der Waals surface area contributed by atoms with Gasteiger partial charge in [0.25, 0.3) is 0 Å². The van der Waals surface area contributed by atoms with Gasteiger partial charge in [0.15, 0.2) is 0 Å². The van der Waals surface area contributed by atoms with E-state index in [0.29, 0.717) is 0 Å². The van der Waals surface area contributed by atoms with Crippen molar-refractivity contribution in [3.05, 3.63) is 59.7 Å². The molecule has 4 rings (SSSR count). The molecule has 0 amide bonds. The van der Waals surface area contributed by atoms with E-state index in [1.54, 1.807) is 0 Å². The summed E-state index contributed by atoms with van der Waals surface area (Å²) in [5.74, 6) is 2.16. The molecule has 190 valence electrons. The Morgan fingerprint density at radius 2 is 0.879 bits per heavy atom. The van der Waals surface area contributed by atoms with Crippen molar-refractivity contribution < 1.29 is 116 Å². The summed E-state index contributed by atoms with van der Waals surface area (Å²) in [6.07, 6.45) is 4.68. The van der Waals surface area contributed by atoms with Gasteiger partial charge in [-0.05, 0) is 48.9 Å². The molecule has 33 heavy (non-hydrogen) atoms. The van der Waals surface area contributed by atoms with E-state index in [9.17, 15) is 0 Å². The van der Waals surface area contributed by atoms with E-state index >= 15 is 0 Å². The predicted octanol–water partition coefficient (Wildman–Crippen LogP) is -1.60. The summed E-state index contributed by atoms with van der Waals surface area (Å²) in [4.78, 5) is 0. The van der Waals surface area contributed by atoms with Crippen LogP contribution in [0.1, 0.15) is 24.0 Å². The fraction of sp³-hybridized carbons (Fsp3) is 0.333. The number of benzene rings is 2. The van der Waals surface area contributed by atoms with Crippen LogP contribution < -0.4 is 24.5 Å². The van der Waals surface area contributed by atoms with Gasteiger partial charge in [0.1, 0.15) is 11.5 Å². The number of para-hydroxylation sites is 2. The molecule has 2 aromatic rings. The third-order valence-corrected chi connectivity index (χ3v) is 3.64. The maximum atomic E-state index is 8.65. The minimum atomic E-state index is -6.17. The van der Waals surface area contributed by atoms with E-state index in [4.69, 9.17) is 38.1 Å². The van der Waals surface area contributed by atoms with Crippen LogP contribution in [0.25, 0.3) is 0 Å². The van der Waals surface area contributed by atoms with E-state index in [1.807, 2.05) is 24.3 Å². The topological polar surface area (TPSA) is 179 Å². The van der Waals surface area contributed by atoms with Crippen LogP contribution in [0.15, 0.2) is 48.5 Å². The molecule has 0 atom stereocenters. The Morgan fingerprint density at radius 3 is 1.15 bits per heavy atom. The maximum absolute atomic E-state index is 8.65. The van der Waals surface area contributed by atoms with Crippen LogP contribution in [0.4, 0.5) is 0 Å². The summed E-state index contributed by atoms with van der Waals surface area (Å²) in [6, 6.07) is 16.5. The molecule has 10 nitrogen and oxygen atoms in total. The van der Waals surface area contributed by atoms with Crippen LogP contribution in [-0.2, 0) is 105 Å². The fourth-order valence-electron chi connectivity index (χ4n) is 2.59. The molecule has 2 heterocycles. The Morgan fingerprint density at radius 1 is 0.606 bits per heavy atom. The summed E-state index contributed by atoms with van der Waals surface area (Å²) in [5.41, 5.74) is 2.71. The molecule has 0 unspecified atom stereocenters. The summed E-state index contributed by atoms with van der Waals surface area (Å²) in [5, 5.41) is 0. The molecule has 2 aliphatic rings. The molecule has 2 aliphatic heterocycles. The number of hydrogen-bond donors (Lipinski definition) is 0. The van der Waals surface area contributed by atoms with Gasteiger partial charge < -0.3 is 9.47 Å². The zero-order valence-corrected chi connectivity index (χ0v) is 29.6. The first-order chi connectivity index (χ1) is 13.9. The van der Waals surface area contributed by atoms with Crippen molar-refractivity contribution in [1.82, 2.24) is 0 Å². The van der Waals surface area contributed by atoms with Crippen molar-refractivity contribution in [3.63, 3.8) is 0 Å². The zero-order valence-electron chi connectivity index (χ0n) is 16.9. The number of fused-ring (bicyclic) bond motifs is 2. The average molecular weight is 1190 g/mol. The van der Waals surface area contributed by atoms with E-state index in [2.05, 4.69) is 24.3 Å². The summed E-state index contributed by atoms with van der Waals surface area (Å²) < 4.78 is 80.0. The van der Waals surface area contributed by atoms with E-state index in [1.165, 1.54) is 24.0 Å². The zero-order chi connectivity index (χ0) is 22.6. The van der Waals surface area contributed by atoms with Crippen LogP contribution in [-0.4, -0.2) is 40.5 Å². The van der Waals surface area contributed by atoms with Crippen LogP contribution in [0.2, 0.25) is 0 Å². The van der Waals surface area contributed by atoms with Gasteiger partial charge in [-0.15, -0.1) is 0 Å². The molecule has 0 spiro atoms. The summed E-state index contributed by atoms with van der Waals surface area (Å²) >= 11 is -12.3. The molecule has 15 heteroatoms. The Kier molecular flexibility index (Phi) is 23.2. The van der Waals surface area contributed by atoms with Crippen LogP contribution in [0, 0.1) is 0 Å². The van der Waals surface area contributed by atoms with Gasteiger partial charge in [-0.3, -0.25) is 0 Å². The second-order valence-electron chi connectivity index (χ2n) is 5.94. The summed E-state index contributed by atoms with van der Waals surface area (Å²) in [6.45, 7) is 1.77. The first-order valence-corrected chi connectivity index (χ1v) is 18.3. The monoisotopic (exact) mass is 1190 g/mol. The van der Waals surface area contributed by atoms with Crippen molar-refractivity contribution in [2.45, 2.75) is 25.7 Å². The fourth-order valence-corrected chi connectivity index (χ4v) is 2.59. The van der Waals surface area contributed by atoms with Crippen molar-refractivity contribution >= 4 is 27.3 Å². The van der Waals surface area contributed by atoms with Crippen LogP contribution >= 0.6 is 0 Å². The van der Waals surface area contributed by atoms with Gasteiger partial charge in [-0.1, -0.05) is 36.4 Å². The Bertz CT molecular complexity index is 857. The third-order valence-electron chi connectivity index (χ3n) is 3.64.